The topological polar surface area (TPSA) is 104 Å². The molecule has 0 aromatic carbocycles. The van der Waals surface area contributed by atoms with Crippen LogP contribution in [0, 0.1) is 0 Å². The van der Waals surface area contributed by atoms with E-state index >= 15 is 0 Å². The highest BCUT2D eigenvalue weighted by molar-refractivity contribution is 7.86. The minimum Gasteiger partial charge on any atom is -0.394 e. The van der Waals surface area contributed by atoms with E-state index in [9.17, 15) is 9.32 Å². The van der Waals surface area contributed by atoms with E-state index in [4.69, 9.17) is 21.6 Å². The lowest BCUT2D eigenvalue weighted by molar-refractivity contribution is 0.143. The molecule has 10 heteroatoms. The van der Waals surface area contributed by atoms with Gasteiger partial charge in [0.05, 0.1) is 33.7 Å². The fourth-order valence-electron chi connectivity index (χ4n) is 5.03. The van der Waals surface area contributed by atoms with Crippen LogP contribution < -0.4 is 10.2 Å². The SMILES string of the molecule is O=[S@@]1c2c(NC3(CO)CCC3)nc(N3CCC(c4ncc(Cl)cn4)CC3)nc2C2CC21. The molecule has 31 heavy (non-hydrogen) atoms. The van der Waals surface area contributed by atoms with Gasteiger partial charge in [-0.25, -0.2) is 15.0 Å². The van der Waals surface area contributed by atoms with Gasteiger partial charge in [-0.1, -0.05) is 11.6 Å². The lowest BCUT2D eigenvalue weighted by atomic mass is 9.77. The summed E-state index contributed by atoms with van der Waals surface area (Å²) in [5.41, 5.74) is 0.612. The molecule has 3 atom stereocenters. The molecular formula is C21H25ClN6O2S. The molecule has 2 aromatic rings. The zero-order valence-corrected chi connectivity index (χ0v) is 18.7. The molecule has 2 aliphatic heterocycles. The van der Waals surface area contributed by atoms with Crippen LogP contribution in [0.4, 0.5) is 11.8 Å². The molecule has 1 saturated heterocycles. The number of aromatic nitrogens is 4. The maximum absolute atomic E-state index is 12.9. The molecule has 0 radical (unpaired) electrons. The van der Waals surface area contributed by atoms with Gasteiger partial charge in [0.2, 0.25) is 5.95 Å². The quantitative estimate of drug-likeness (QED) is 0.701. The molecule has 2 aromatic heterocycles. The first kappa shape index (κ1) is 19.8. The van der Waals surface area contributed by atoms with Gasteiger partial charge in [0.15, 0.2) is 0 Å². The summed E-state index contributed by atoms with van der Waals surface area (Å²) in [6.45, 7) is 1.70. The van der Waals surface area contributed by atoms with Crippen LogP contribution in [0.3, 0.4) is 0 Å². The van der Waals surface area contributed by atoms with Crippen LogP contribution in [-0.4, -0.2) is 59.7 Å². The van der Waals surface area contributed by atoms with Gasteiger partial charge in [0, 0.05) is 42.6 Å². The van der Waals surface area contributed by atoms with Crippen LogP contribution in [0.25, 0.3) is 0 Å². The number of anilines is 2. The number of rotatable bonds is 5. The van der Waals surface area contributed by atoms with E-state index in [1.165, 1.54) is 0 Å². The van der Waals surface area contributed by atoms with Crippen molar-refractivity contribution in [2.75, 3.05) is 29.9 Å². The predicted molar refractivity (Wildman–Crippen MR) is 118 cm³/mol. The van der Waals surface area contributed by atoms with E-state index in [0.717, 1.165) is 68.0 Å². The molecule has 0 amide bonds. The maximum atomic E-state index is 12.9. The number of hydrogen-bond acceptors (Lipinski definition) is 8. The first-order valence-electron chi connectivity index (χ1n) is 11.0. The number of piperidine rings is 1. The van der Waals surface area contributed by atoms with Gasteiger partial charge in [-0.05, 0) is 38.5 Å². The molecule has 4 heterocycles. The van der Waals surface area contributed by atoms with Crippen molar-refractivity contribution in [3.63, 3.8) is 0 Å². The summed E-state index contributed by atoms with van der Waals surface area (Å²) in [7, 11) is -1.06. The number of hydrogen-bond donors (Lipinski definition) is 2. The van der Waals surface area contributed by atoms with Crippen molar-refractivity contribution in [2.45, 2.75) is 66.0 Å². The third-order valence-corrected chi connectivity index (χ3v) is 9.29. The number of aliphatic hydroxyl groups excluding tert-OH is 1. The van der Waals surface area contributed by atoms with E-state index < -0.39 is 10.8 Å². The van der Waals surface area contributed by atoms with Crippen molar-refractivity contribution in [2.24, 2.45) is 0 Å². The van der Waals surface area contributed by atoms with E-state index in [1.807, 2.05) is 0 Å². The summed E-state index contributed by atoms with van der Waals surface area (Å²) in [5.74, 6) is 2.81. The summed E-state index contributed by atoms with van der Waals surface area (Å²) < 4.78 is 12.9. The lowest BCUT2D eigenvalue weighted by Crippen LogP contribution is -2.49. The fourth-order valence-corrected chi connectivity index (χ4v) is 6.93. The van der Waals surface area contributed by atoms with Crippen LogP contribution >= 0.6 is 11.6 Å². The van der Waals surface area contributed by atoms with E-state index in [1.54, 1.807) is 12.4 Å². The zero-order valence-electron chi connectivity index (χ0n) is 17.1. The molecule has 0 bridgehead atoms. The normalized spacial score (nSPS) is 28.6. The Morgan fingerprint density at radius 1 is 1.23 bits per heavy atom. The minimum atomic E-state index is -1.06. The predicted octanol–water partition coefficient (Wildman–Crippen LogP) is 2.61. The third-order valence-electron chi connectivity index (χ3n) is 7.22. The van der Waals surface area contributed by atoms with Crippen LogP contribution in [-0.2, 0) is 10.8 Å². The van der Waals surface area contributed by atoms with E-state index in [0.29, 0.717) is 28.6 Å². The number of nitrogens with one attached hydrogen (secondary N) is 1. The largest absolute Gasteiger partial charge is 0.394 e. The van der Waals surface area contributed by atoms with Crippen molar-refractivity contribution in [1.29, 1.82) is 0 Å². The Kier molecular flexibility index (Phi) is 4.70. The van der Waals surface area contributed by atoms with Gasteiger partial charge < -0.3 is 15.3 Å². The van der Waals surface area contributed by atoms with Crippen molar-refractivity contribution >= 4 is 34.2 Å². The molecule has 0 spiro atoms. The molecule has 6 rings (SSSR count). The molecular weight excluding hydrogens is 436 g/mol. The monoisotopic (exact) mass is 460 g/mol. The standard InChI is InChI=1S/C21H25ClN6O2S/c22-13-9-23-18(24-10-13)12-2-6-28(7-3-12)20-25-16-14-8-15(14)31(30)17(16)19(26-20)27-21(11-29)4-1-5-21/h9-10,12,14-15,29H,1-8,11H2,(H,25,26,27)/t14?,15?,31-/m0/s1. The minimum absolute atomic E-state index is 0.0626. The van der Waals surface area contributed by atoms with Crippen molar-refractivity contribution in [3.8, 4) is 0 Å². The molecule has 2 unspecified atom stereocenters. The van der Waals surface area contributed by atoms with Gasteiger partial charge in [-0.2, -0.15) is 4.98 Å². The molecule has 2 N–H and O–H groups in total. The Bertz CT molecular complexity index is 1030. The van der Waals surface area contributed by atoms with E-state index in [2.05, 4.69) is 20.2 Å². The number of aliphatic hydroxyl groups is 1. The Morgan fingerprint density at radius 2 is 1.97 bits per heavy atom. The summed E-state index contributed by atoms with van der Waals surface area (Å²) in [4.78, 5) is 21.5. The maximum Gasteiger partial charge on any atom is 0.227 e. The second-order valence-corrected chi connectivity index (χ2v) is 11.2. The second-order valence-electron chi connectivity index (χ2n) is 9.20. The Morgan fingerprint density at radius 3 is 2.61 bits per heavy atom. The summed E-state index contributed by atoms with van der Waals surface area (Å²) in [6, 6.07) is 0. The van der Waals surface area contributed by atoms with Gasteiger partial charge in [0.1, 0.15) is 16.5 Å². The average molecular weight is 461 g/mol. The van der Waals surface area contributed by atoms with Crippen LogP contribution in [0.5, 0.6) is 0 Å². The number of nitrogens with zero attached hydrogens (tertiary/aromatic N) is 5. The molecule has 8 nitrogen and oxygen atoms in total. The first-order valence-corrected chi connectivity index (χ1v) is 12.6. The second kappa shape index (κ2) is 7.35. The highest BCUT2D eigenvalue weighted by Gasteiger charge is 2.54. The van der Waals surface area contributed by atoms with Gasteiger partial charge in [0.25, 0.3) is 0 Å². The van der Waals surface area contributed by atoms with Crippen molar-refractivity contribution < 1.29 is 9.32 Å². The van der Waals surface area contributed by atoms with Gasteiger partial charge in [-0.3, -0.25) is 4.21 Å². The van der Waals surface area contributed by atoms with Crippen molar-refractivity contribution in [3.05, 3.63) is 28.9 Å². The summed E-state index contributed by atoms with van der Waals surface area (Å²) in [5, 5.41) is 14.2. The van der Waals surface area contributed by atoms with E-state index in [-0.39, 0.29) is 17.4 Å². The smallest absolute Gasteiger partial charge is 0.227 e. The zero-order chi connectivity index (χ0) is 21.2. The summed E-state index contributed by atoms with van der Waals surface area (Å²) >= 11 is 5.92. The molecule has 4 aliphatic rings. The third kappa shape index (κ3) is 3.32. The highest BCUT2D eigenvalue weighted by atomic mass is 35.5. The first-order chi connectivity index (χ1) is 15.1. The highest BCUT2D eigenvalue weighted by Crippen LogP contribution is 2.56. The summed E-state index contributed by atoms with van der Waals surface area (Å²) in [6.07, 6.45) is 9.00. The molecule has 2 saturated carbocycles. The fraction of sp³-hybridized carbons (Fsp3) is 0.619. The molecule has 3 fully saturated rings. The van der Waals surface area contributed by atoms with Crippen LogP contribution in [0.15, 0.2) is 17.3 Å². The lowest BCUT2D eigenvalue weighted by Gasteiger charge is -2.42. The molecule has 164 valence electrons. The Balaban J connectivity index is 1.26. The van der Waals surface area contributed by atoms with Gasteiger partial charge in [-0.15, -0.1) is 0 Å². The average Bonchev–Trinajstić information content (AvgIpc) is 3.52. The molecule has 2 aliphatic carbocycles. The van der Waals surface area contributed by atoms with Gasteiger partial charge >= 0.3 is 0 Å². The Labute approximate surface area is 188 Å². The van der Waals surface area contributed by atoms with Crippen molar-refractivity contribution in [1.82, 2.24) is 19.9 Å². The number of fused-ring (bicyclic) bond motifs is 3. The Hall–Kier alpha value is -1.84. The van der Waals surface area contributed by atoms with Crippen LogP contribution in [0.2, 0.25) is 5.02 Å². The number of halogens is 1. The van der Waals surface area contributed by atoms with Crippen LogP contribution in [0.1, 0.15) is 61.9 Å².